The van der Waals surface area contributed by atoms with Crippen molar-refractivity contribution in [1.82, 2.24) is 0 Å². The number of carbonyl (C=O) groups excluding carboxylic acids is 1. The third kappa shape index (κ3) is 4.14. The van der Waals surface area contributed by atoms with Crippen LogP contribution in [0.4, 0.5) is 11.4 Å². The van der Waals surface area contributed by atoms with Gasteiger partial charge in [0.05, 0.1) is 10.7 Å². The van der Waals surface area contributed by atoms with Crippen molar-refractivity contribution in [2.75, 3.05) is 10.6 Å². The largest absolute Gasteiger partial charge is 0.381 e. The van der Waals surface area contributed by atoms with E-state index in [-0.39, 0.29) is 5.91 Å². The standard InChI is InChI=1S/C16H23ClN2O/c1-3-16(20)19-13-7-8-14(17)15(10-13)18-12-6-4-5-11(2)9-12/h7-8,10-12,18H,3-6,9H2,1-2H3,(H,19,20). The van der Waals surface area contributed by atoms with Crippen LogP contribution in [0.5, 0.6) is 0 Å². The van der Waals surface area contributed by atoms with Gasteiger partial charge in [0.2, 0.25) is 5.91 Å². The molecular formula is C16H23ClN2O. The van der Waals surface area contributed by atoms with Crippen LogP contribution in [0.15, 0.2) is 18.2 Å². The summed E-state index contributed by atoms with van der Waals surface area (Å²) >= 11 is 6.25. The highest BCUT2D eigenvalue weighted by atomic mass is 35.5. The first kappa shape index (κ1) is 15.2. The summed E-state index contributed by atoms with van der Waals surface area (Å²) in [6.45, 7) is 4.14. The van der Waals surface area contributed by atoms with Crippen LogP contribution in [0.2, 0.25) is 5.02 Å². The van der Waals surface area contributed by atoms with E-state index in [1.807, 2.05) is 25.1 Å². The van der Waals surface area contributed by atoms with Gasteiger partial charge in [0.15, 0.2) is 0 Å². The van der Waals surface area contributed by atoms with Crippen molar-refractivity contribution < 1.29 is 4.79 Å². The zero-order chi connectivity index (χ0) is 14.5. The van der Waals surface area contributed by atoms with E-state index in [1.165, 1.54) is 25.7 Å². The maximum absolute atomic E-state index is 11.4. The molecule has 0 heterocycles. The van der Waals surface area contributed by atoms with Crippen molar-refractivity contribution in [2.24, 2.45) is 5.92 Å². The summed E-state index contributed by atoms with van der Waals surface area (Å²) in [6.07, 6.45) is 5.43. The van der Waals surface area contributed by atoms with Gasteiger partial charge in [-0.25, -0.2) is 0 Å². The minimum Gasteiger partial charge on any atom is -0.381 e. The number of carbonyl (C=O) groups is 1. The Labute approximate surface area is 126 Å². The minimum atomic E-state index is 0.0181. The molecule has 0 aromatic heterocycles. The fraction of sp³-hybridized carbons (Fsp3) is 0.562. The topological polar surface area (TPSA) is 41.1 Å². The molecule has 20 heavy (non-hydrogen) atoms. The van der Waals surface area contributed by atoms with E-state index in [2.05, 4.69) is 17.6 Å². The average molecular weight is 295 g/mol. The molecule has 1 aliphatic carbocycles. The molecule has 2 N–H and O–H groups in total. The Balaban J connectivity index is 2.06. The van der Waals surface area contributed by atoms with Crippen molar-refractivity contribution in [2.45, 2.75) is 52.0 Å². The first-order chi connectivity index (χ1) is 9.58. The molecule has 0 spiro atoms. The van der Waals surface area contributed by atoms with Gasteiger partial charge < -0.3 is 10.6 Å². The quantitative estimate of drug-likeness (QED) is 0.846. The summed E-state index contributed by atoms with van der Waals surface area (Å²) in [7, 11) is 0. The predicted molar refractivity (Wildman–Crippen MR) is 85.4 cm³/mol. The molecule has 0 radical (unpaired) electrons. The van der Waals surface area contributed by atoms with Crippen molar-refractivity contribution in [3.8, 4) is 0 Å². The average Bonchev–Trinajstić information content (AvgIpc) is 2.42. The van der Waals surface area contributed by atoms with Gasteiger partial charge in [-0.15, -0.1) is 0 Å². The van der Waals surface area contributed by atoms with Gasteiger partial charge >= 0.3 is 0 Å². The van der Waals surface area contributed by atoms with Crippen molar-refractivity contribution >= 4 is 28.9 Å². The molecule has 2 atom stereocenters. The van der Waals surface area contributed by atoms with Crippen LogP contribution in [-0.2, 0) is 4.79 Å². The molecule has 1 saturated carbocycles. The molecule has 110 valence electrons. The van der Waals surface area contributed by atoms with E-state index in [0.717, 1.165) is 17.3 Å². The smallest absolute Gasteiger partial charge is 0.224 e. The normalized spacial score (nSPS) is 22.4. The summed E-state index contributed by atoms with van der Waals surface area (Å²) < 4.78 is 0. The lowest BCUT2D eigenvalue weighted by atomic mass is 9.87. The number of nitrogens with one attached hydrogen (secondary N) is 2. The Bertz CT molecular complexity index is 476. The van der Waals surface area contributed by atoms with Crippen LogP contribution in [0, 0.1) is 5.92 Å². The fourth-order valence-corrected chi connectivity index (χ4v) is 2.92. The van der Waals surface area contributed by atoms with E-state index < -0.39 is 0 Å². The van der Waals surface area contributed by atoms with E-state index >= 15 is 0 Å². The number of hydrogen-bond donors (Lipinski definition) is 2. The van der Waals surface area contributed by atoms with Crippen molar-refractivity contribution in [1.29, 1.82) is 0 Å². The molecule has 0 bridgehead atoms. The monoisotopic (exact) mass is 294 g/mol. The van der Waals surface area contributed by atoms with Crippen LogP contribution < -0.4 is 10.6 Å². The summed E-state index contributed by atoms with van der Waals surface area (Å²) in [6, 6.07) is 6.08. The molecule has 2 unspecified atom stereocenters. The maximum atomic E-state index is 11.4. The third-order valence-corrected chi connectivity index (χ3v) is 4.20. The molecule has 3 nitrogen and oxygen atoms in total. The van der Waals surface area contributed by atoms with E-state index in [1.54, 1.807) is 0 Å². The zero-order valence-corrected chi connectivity index (χ0v) is 13.0. The van der Waals surface area contributed by atoms with Gasteiger partial charge in [0.25, 0.3) is 0 Å². The predicted octanol–water partition coefficient (Wildman–Crippen LogP) is 4.68. The van der Waals surface area contributed by atoms with Gasteiger partial charge in [0, 0.05) is 18.2 Å². The molecule has 1 amide bonds. The van der Waals surface area contributed by atoms with Crippen LogP contribution >= 0.6 is 11.6 Å². The van der Waals surface area contributed by atoms with Gasteiger partial charge in [-0.05, 0) is 37.0 Å². The van der Waals surface area contributed by atoms with E-state index in [9.17, 15) is 4.79 Å². The van der Waals surface area contributed by atoms with Gasteiger partial charge in [-0.3, -0.25) is 4.79 Å². The number of halogens is 1. The Morgan fingerprint density at radius 1 is 1.40 bits per heavy atom. The maximum Gasteiger partial charge on any atom is 0.224 e. The Kier molecular flexibility index (Phi) is 5.30. The van der Waals surface area contributed by atoms with Crippen LogP contribution in [0.1, 0.15) is 46.0 Å². The minimum absolute atomic E-state index is 0.0181. The SMILES string of the molecule is CCC(=O)Nc1ccc(Cl)c(NC2CCCC(C)C2)c1. The molecular weight excluding hydrogens is 272 g/mol. The first-order valence-corrected chi connectivity index (χ1v) is 7.82. The highest BCUT2D eigenvalue weighted by Gasteiger charge is 2.19. The molecule has 1 aromatic rings. The lowest BCUT2D eigenvalue weighted by Crippen LogP contribution is -2.26. The summed E-state index contributed by atoms with van der Waals surface area (Å²) in [4.78, 5) is 11.4. The molecule has 0 aliphatic heterocycles. The number of anilines is 2. The number of amides is 1. The molecule has 1 fully saturated rings. The van der Waals surface area contributed by atoms with Gasteiger partial charge in [0.1, 0.15) is 0 Å². The summed E-state index contributed by atoms with van der Waals surface area (Å²) in [5.74, 6) is 0.785. The second-order valence-corrected chi connectivity index (χ2v) is 6.12. The number of hydrogen-bond acceptors (Lipinski definition) is 2. The fourth-order valence-electron chi connectivity index (χ4n) is 2.75. The first-order valence-electron chi connectivity index (χ1n) is 7.44. The Morgan fingerprint density at radius 3 is 2.90 bits per heavy atom. The lowest BCUT2D eigenvalue weighted by Gasteiger charge is -2.28. The molecule has 4 heteroatoms. The van der Waals surface area contributed by atoms with Crippen LogP contribution in [0.3, 0.4) is 0 Å². The van der Waals surface area contributed by atoms with E-state index in [4.69, 9.17) is 11.6 Å². The lowest BCUT2D eigenvalue weighted by molar-refractivity contribution is -0.115. The zero-order valence-electron chi connectivity index (χ0n) is 12.2. The second kappa shape index (κ2) is 6.98. The van der Waals surface area contributed by atoms with Gasteiger partial charge in [-0.1, -0.05) is 38.3 Å². The molecule has 1 aliphatic rings. The van der Waals surface area contributed by atoms with Crippen molar-refractivity contribution in [3.05, 3.63) is 23.2 Å². The Morgan fingerprint density at radius 2 is 2.20 bits per heavy atom. The Hall–Kier alpha value is -1.22. The van der Waals surface area contributed by atoms with Crippen LogP contribution in [0.25, 0.3) is 0 Å². The van der Waals surface area contributed by atoms with Gasteiger partial charge in [-0.2, -0.15) is 0 Å². The second-order valence-electron chi connectivity index (χ2n) is 5.71. The molecule has 2 rings (SSSR count). The number of rotatable bonds is 4. The highest BCUT2D eigenvalue weighted by Crippen LogP contribution is 2.31. The summed E-state index contributed by atoms with van der Waals surface area (Å²) in [5.41, 5.74) is 1.72. The number of benzene rings is 1. The van der Waals surface area contributed by atoms with E-state index in [0.29, 0.717) is 17.5 Å². The molecule has 0 saturated heterocycles. The summed E-state index contributed by atoms with van der Waals surface area (Å²) in [5, 5.41) is 7.10. The molecule has 1 aromatic carbocycles. The third-order valence-electron chi connectivity index (χ3n) is 3.87. The van der Waals surface area contributed by atoms with Crippen LogP contribution in [-0.4, -0.2) is 11.9 Å². The highest BCUT2D eigenvalue weighted by molar-refractivity contribution is 6.33. The van der Waals surface area contributed by atoms with Crippen molar-refractivity contribution in [3.63, 3.8) is 0 Å².